The molecule has 112 valence electrons. The number of nitrogens with two attached hydrogens (primary N) is 1. The van der Waals surface area contributed by atoms with Gasteiger partial charge >= 0.3 is 0 Å². The van der Waals surface area contributed by atoms with Crippen molar-refractivity contribution in [3.63, 3.8) is 0 Å². The molecule has 0 spiro atoms. The molecule has 0 amide bonds. The van der Waals surface area contributed by atoms with E-state index in [1.165, 1.54) is 16.3 Å². The first-order chi connectivity index (χ1) is 10.3. The SMILES string of the molecule is CCC1CN(C(CN)c2cncc3ccccc23)CCO1. The van der Waals surface area contributed by atoms with Gasteiger partial charge in [-0.25, -0.2) is 0 Å². The second-order valence-electron chi connectivity index (χ2n) is 5.60. The first kappa shape index (κ1) is 14.4. The molecule has 1 aromatic carbocycles. The molecule has 0 aliphatic carbocycles. The molecule has 1 fully saturated rings. The van der Waals surface area contributed by atoms with E-state index in [9.17, 15) is 0 Å². The van der Waals surface area contributed by atoms with Crippen molar-refractivity contribution in [1.82, 2.24) is 9.88 Å². The minimum absolute atomic E-state index is 0.210. The van der Waals surface area contributed by atoms with E-state index in [2.05, 4.69) is 35.0 Å². The van der Waals surface area contributed by atoms with Crippen LogP contribution in [0.25, 0.3) is 10.8 Å². The molecule has 21 heavy (non-hydrogen) atoms. The number of rotatable bonds is 4. The summed E-state index contributed by atoms with van der Waals surface area (Å²) in [5.41, 5.74) is 7.33. The molecule has 2 N–H and O–H groups in total. The molecule has 0 radical (unpaired) electrons. The van der Waals surface area contributed by atoms with E-state index >= 15 is 0 Å². The third-order valence-electron chi connectivity index (χ3n) is 4.35. The minimum Gasteiger partial charge on any atom is -0.376 e. The number of morpholine rings is 1. The van der Waals surface area contributed by atoms with Crippen LogP contribution in [0.4, 0.5) is 0 Å². The van der Waals surface area contributed by atoms with Crippen molar-refractivity contribution < 1.29 is 4.74 Å². The summed E-state index contributed by atoms with van der Waals surface area (Å²) in [7, 11) is 0. The summed E-state index contributed by atoms with van der Waals surface area (Å²) in [4.78, 5) is 6.85. The standard InChI is InChI=1S/C17H23N3O/c1-2-14-12-20(7-8-21-14)17(9-18)16-11-19-10-13-5-3-4-6-15(13)16/h3-6,10-11,14,17H,2,7-9,12,18H2,1H3. The summed E-state index contributed by atoms with van der Waals surface area (Å²) in [6.45, 7) is 5.44. The van der Waals surface area contributed by atoms with Gasteiger partial charge in [-0.15, -0.1) is 0 Å². The lowest BCUT2D eigenvalue weighted by Gasteiger charge is -2.38. The van der Waals surface area contributed by atoms with Crippen LogP contribution in [0.3, 0.4) is 0 Å². The quantitative estimate of drug-likeness (QED) is 0.937. The van der Waals surface area contributed by atoms with Crippen LogP contribution in [-0.4, -0.2) is 42.2 Å². The van der Waals surface area contributed by atoms with Crippen LogP contribution in [0.15, 0.2) is 36.7 Å². The third kappa shape index (κ3) is 2.93. The van der Waals surface area contributed by atoms with Crippen molar-refractivity contribution in [3.05, 3.63) is 42.2 Å². The first-order valence-corrected chi connectivity index (χ1v) is 7.71. The lowest BCUT2D eigenvalue weighted by atomic mass is 9.99. The molecule has 1 saturated heterocycles. The molecule has 3 rings (SSSR count). The van der Waals surface area contributed by atoms with E-state index in [4.69, 9.17) is 10.5 Å². The van der Waals surface area contributed by atoms with E-state index in [0.29, 0.717) is 12.6 Å². The predicted octanol–water partition coefficient (Wildman–Crippen LogP) is 2.35. The van der Waals surface area contributed by atoms with E-state index in [1.807, 2.05) is 18.5 Å². The highest BCUT2D eigenvalue weighted by molar-refractivity contribution is 5.85. The predicted molar refractivity (Wildman–Crippen MR) is 85.1 cm³/mol. The van der Waals surface area contributed by atoms with E-state index < -0.39 is 0 Å². The minimum atomic E-state index is 0.210. The molecular weight excluding hydrogens is 262 g/mol. The monoisotopic (exact) mass is 285 g/mol. The van der Waals surface area contributed by atoms with Gasteiger partial charge in [-0.2, -0.15) is 0 Å². The molecule has 2 atom stereocenters. The number of nitrogens with zero attached hydrogens (tertiary/aromatic N) is 2. The maximum atomic E-state index is 6.10. The highest BCUT2D eigenvalue weighted by atomic mass is 16.5. The summed E-state index contributed by atoms with van der Waals surface area (Å²) in [6, 6.07) is 8.60. The lowest BCUT2D eigenvalue weighted by Crippen LogP contribution is -2.46. The number of fused-ring (bicyclic) bond motifs is 1. The molecule has 2 heterocycles. The first-order valence-electron chi connectivity index (χ1n) is 7.71. The van der Waals surface area contributed by atoms with Crippen molar-refractivity contribution in [1.29, 1.82) is 0 Å². The third-order valence-corrected chi connectivity index (χ3v) is 4.35. The Balaban J connectivity index is 1.94. The number of benzene rings is 1. The zero-order valence-electron chi connectivity index (χ0n) is 12.5. The van der Waals surface area contributed by atoms with Crippen LogP contribution in [0, 0.1) is 0 Å². The topological polar surface area (TPSA) is 51.4 Å². The number of aromatic nitrogens is 1. The highest BCUT2D eigenvalue weighted by Crippen LogP contribution is 2.28. The zero-order chi connectivity index (χ0) is 14.7. The van der Waals surface area contributed by atoms with Crippen LogP contribution in [0.1, 0.15) is 24.9 Å². The Bertz CT molecular complexity index is 596. The molecule has 1 aromatic heterocycles. The Morgan fingerprint density at radius 3 is 3.05 bits per heavy atom. The average molecular weight is 285 g/mol. The average Bonchev–Trinajstić information content (AvgIpc) is 2.56. The summed E-state index contributed by atoms with van der Waals surface area (Å²) in [5.74, 6) is 0. The maximum absolute atomic E-state index is 6.10. The van der Waals surface area contributed by atoms with E-state index in [-0.39, 0.29) is 6.04 Å². The summed E-state index contributed by atoms with van der Waals surface area (Å²) >= 11 is 0. The Labute approximate surface area is 125 Å². The summed E-state index contributed by atoms with van der Waals surface area (Å²) in [5, 5.41) is 2.43. The fourth-order valence-electron chi connectivity index (χ4n) is 3.15. The van der Waals surface area contributed by atoms with Gasteiger partial charge in [0.25, 0.3) is 0 Å². The molecule has 2 aromatic rings. The van der Waals surface area contributed by atoms with Crippen LogP contribution in [0.2, 0.25) is 0 Å². The molecule has 0 saturated carbocycles. The van der Waals surface area contributed by atoms with Crippen LogP contribution in [-0.2, 0) is 4.74 Å². The highest BCUT2D eigenvalue weighted by Gasteiger charge is 2.26. The van der Waals surface area contributed by atoms with Gasteiger partial charge in [0, 0.05) is 43.5 Å². The summed E-state index contributed by atoms with van der Waals surface area (Å²) in [6.07, 6.45) is 5.24. The lowest BCUT2D eigenvalue weighted by molar-refractivity contribution is -0.0435. The summed E-state index contributed by atoms with van der Waals surface area (Å²) < 4.78 is 5.78. The normalized spacial score (nSPS) is 21.5. The Morgan fingerprint density at radius 1 is 1.38 bits per heavy atom. The molecular formula is C17H23N3O. The fourth-order valence-corrected chi connectivity index (χ4v) is 3.15. The van der Waals surface area contributed by atoms with Crippen molar-refractivity contribution in [2.45, 2.75) is 25.5 Å². The van der Waals surface area contributed by atoms with Gasteiger partial charge in [0.05, 0.1) is 12.7 Å². The maximum Gasteiger partial charge on any atom is 0.0700 e. The molecule has 1 aliphatic rings. The number of hydrogen-bond acceptors (Lipinski definition) is 4. The smallest absolute Gasteiger partial charge is 0.0700 e. The van der Waals surface area contributed by atoms with E-state index in [0.717, 1.165) is 26.1 Å². The number of ether oxygens (including phenoxy) is 1. The molecule has 0 bridgehead atoms. The van der Waals surface area contributed by atoms with Gasteiger partial charge in [0.2, 0.25) is 0 Å². The largest absolute Gasteiger partial charge is 0.376 e. The number of hydrogen-bond donors (Lipinski definition) is 1. The van der Waals surface area contributed by atoms with Crippen molar-refractivity contribution in [3.8, 4) is 0 Å². The molecule has 4 heteroatoms. The van der Waals surface area contributed by atoms with Crippen molar-refractivity contribution in [2.24, 2.45) is 5.73 Å². The fraction of sp³-hybridized carbons (Fsp3) is 0.471. The van der Waals surface area contributed by atoms with Crippen LogP contribution >= 0.6 is 0 Å². The van der Waals surface area contributed by atoms with Gasteiger partial charge in [-0.05, 0) is 17.4 Å². The Hall–Kier alpha value is -1.49. The van der Waals surface area contributed by atoms with Crippen molar-refractivity contribution in [2.75, 3.05) is 26.2 Å². The van der Waals surface area contributed by atoms with Gasteiger partial charge in [0.15, 0.2) is 0 Å². The van der Waals surface area contributed by atoms with Gasteiger partial charge < -0.3 is 10.5 Å². The Morgan fingerprint density at radius 2 is 2.24 bits per heavy atom. The van der Waals surface area contributed by atoms with Crippen LogP contribution in [0.5, 0.6) is 0 Å². The Kier molecular flexibility index (Phi) is 4.48. The molecule has 4 nitrogen and oxygen atoms in total. The zero-order valence-corrected chi connectivity index (χ0v) is 12.5. The molecule has 1 aliphatic heterocycles. The number of pyridine rings is 1. The van der Waals surface area contributed by atoms with E-state index in [1.54, 1.807) is 0 Å². The van der Waals surface area contributed by atoms with Crippen LogP contribution < -0.4 is 5.73 Å². The molecule has 2 unspecified atom stereocenters. The second-order valence-corrected chi connectivity index (χ2v) is 5.60. The van der Waals surface area contributed by atoms with Gasteiger partial charge in [-0.3, -0.25) is 9.88 Å². The second kappa shape index (κ2) is 6.52. The van der Waals surface area contributed by atoms with Gasteiger partial charge in [0.1, 0.15) is 0 Å². The van der Waals surface area contributed by atoms with Gasteiger partial charge in [-0.1, -0.05) is 31.2 Å². The van der Waals surface area contributed by atoms with Crippen molar-refractivity contribution >= 4 is 10.8 Å².